The Labute approximate surface area is 182 Å². The molecule has 0 N–H and O–H groups in total. The van der Waals surface area contributed by atoms with E-state index in [1.165, 1.54) is 0 Å². The molecule has 1 nitrogen and oxygen atoms in total. The first-order chi connectivity index (χ1) is 15.2. The largest absolute Gasteiger partial charge is 0.300 e. The molecule has 2 atom stereocenters. The van der Waals surface area contributed by atoms with Crippen molar-refractivity contribution in [2.24, 2.45) is 11.8 Å². The fraction of sp³-hybridized carbons (Fsp3) is 0.480. The maximum absolute atomic E-state index is 13.8. The smallest absolute Gasteiger partial charge is 0.194 e. The topological polar surface area (TPSA) is 17.1 Å². The molecule has 172 valence electrons. The summed E-state index contributed by atoms with van der Waals surface area (Å²) in [5, 5.41) is 0. The van der Waals surface area contributed by atoms with E-state index >= 15 is 0 Å². The van der Waals surface area contributed by atoms with Crippen molar-refractivity contribution >= 4 is 5.78 Å². The van der Waals surface area contributed by atoms with Crippen molar-refractivity contribution < 1.29 is 31.1 Å². The fourth-order valence-electron chi connectivity index (χ4n) is 4.95. The minimum Gasteiger partial charge on any atom is -0.300 e. The lowest BCUT2D eigenvalue weighted by molar-refractivity contribution is -0.120. The number of rotatable bonds is 8. The Hall–Kier alpha value is -2.31. The second-order valence-electron chi connectivity index (χ2n) is 9.14. The molecule has 0 aromatic heterocycles. The van der Waals surface area contributed by atoms with Gasteiger partial charge in [0.2, 0.25) is 0 Å². The molecule has 7 heteroatoms. The van der Waals surface area contributed by atoms with Crippen LogP contribution in [-0.2, 0) is 4.79 Å². The van der Waals surface area contributed by atoms with E-state index in [4.69, 9.17) is 0 Å². The number of halogens is 6. The molecule has 2 aromatic rings. The van der Waals surface area contributed by atoms with Crippen molar-refractivity contribution in [2.45, 2.75) is 63.2 Å². The second kappa shape index (κ2) is 9.28. The van der Waals surface area contributed by atoms with Gasteiger partial charge in [0.1, 0.15) is 5.78 Å². The monoisotopic (exact) mass is 454 g/mol. The van der Waals surface area contributed by atoms with Crippen molar-refractivity contribution in [2.75, 3.05) is 0 Å². The van der Waals surface area contributed by atoms with Gasteiger partial charge in [-0.2, -0.15) is 0 Å². The molecular weight excluding hydrogens is 430 g/mol. The summed E-state index contributed by atoms with van der Waals surface area (Å²) in [4.78, 5) is 13.0. The van der Waals surface area contributed by atoms with Crippen LogP contribution in [0.5, 0.6) is 0 Å². The Morgan fingerprint density at radius 3 is 1.22 bits per heavy atom. The van der Waals surface area contributed by atoms with Crippen LogP contribution >= 0.6 is 0 Å². The van der Waals surface area contributed by atoms with Crippen LogP contribution in [0.2, 0.25) is 0 Å². The number of ketones is 1. The summed E-state index contributed by atoms with van der Waals surface area (Å²) in [6.45, 7) is 0. The third-order valence-corrected chi connectivity index (χ3v) is 7.20. The molecule has 0 amide bonds. The highest BCUT2D eigenvalue weighted by Gasteiger charge is 2.35. The van der Waals surface area contributed by atoms with Crippen LogP contribution in [-0.4, -0.2) is 5.78 Å². The van der Waals surface area contributed by atoms with Gasteiger partial charge in [0.25, 0.3) is 0 Å². The lowest BCUT2D eigenvalue weighted by Crippen LogP contribution is -2.26. The van der Waals surface area contributed by atoms with Gasteiger partial charge >= 0.3 is 0 Å². The van der Waals surface area contributed by atoms with E-state index in [0.717, 1.165) is 62.8 Å². The Bertz CT molecular complexity index is 886. The van der Waals surface area contributed by atoms with Gasteiger partial charge in [-0.05, 0) is 84.7 Å². The Morgan fingerprint density at radius 2 is 0.969 bits per heavy atom. The van der Waals surface area contributed by atoms with Gasteiger partial charge in [-0.1, -0.05) is 12.8 Å². The molecule has 2 saturated carbocycles. The molecule has 2 aliphatic carbocycles. The van der Waals surface area contributed by atoms with E-state index in [9.17, 15) is 31.1 Å². The molecule has 0 radical (unpaired) electrons. The van der Waals surface area contributed by atoms with Crippen molar-refractivity contribution in [3.63, 3.8) is 0 Å². The highest BCUT2D eigenvalue weighted by atomic mass is 19.2. The summed E-state index contributed by atoms with van der Waals surface area (Å²) in [5.74, 6) is -9.23. The van der Waals surface area contributed by atoms with Crippen LogP contribution in [0.1, 0.15) is 74.3 Å². The Morgan fingerprint density at radius 1 is 0.656 bits per heavy atom. The molecule has 0 saturated heterocycles. The lowest BCUT2D eigenvalue weighted by atomic mass is 9.68. The highest BCUT2D eigenvalue weighted by molar-refractivity contribution is 5.80. The highest BCUT2D eigenvalue weighted by Crippen LogP contribution is 2.45. The van der Waals surface area contributed by atoms with E-state index in [-0.39, 0.29) is 41.6 Å². The van der Waals surface area contributed by atoms with E-state index in [1.807, 2.05) is 0 Å². The standard InChI is InChI=1S/C25H24F6O/c26-20-7-15(8-21(27)24(20)30)18(13-3-1-4-13)11-17(32)12-19(14-5-2-6-14)16-9-22(28)25(31)23(29)10-16/h7-10,13-14,18-19H,1-6,11-12H2/t18-,19+. The van der Waals surface area contributed by atoms with Crippen molar-refractivity contribution in [3.8, 4) is 0 Å². The third kappa shape index (κ3) is 4.57. The van der Waals surface area contributed by atoms with Crippen LogP contribution in [0, 0.1) is 46.7 Å². The normalized spacial score (nSPS) is 18.7. The lowest BCUT2D eigenvalue weighted by Gasteiger charge is -2.36. The van der Waals surface area contributed by atoms with Gasteiger partial charge < -0.3 is 0 Å². The van der Waals surface area contributed by atoms with Crippen LogP contribution in [0.4, 0.5) is 26.3 Å². The zero-order valence-electron chi connectivity index (χ0n) is 17.5. The third-order valence-electron chi connectivity index (χ3n) is 7.20. The van der Waals surface area contributed by atoms with Crippen LogP contribution in [0.3, 0.4) is 0 Å². The predicted molar refractivity (Wildman–Crippen MR) is 107 cm³/mol. The average molecular weight is 454 g/mol. The summed E-state index contributed by atoms with van der Waals surface area (Å²) in [6, 6.07) is 3.79. The number of hydrogen-bond acceptors (Lipinski definition) is 1. The van der Waals surface area contributed by atoms with Crippen LogP contribution < -0.4 is 0 Å². The Kier molecular flexibility index (Phi) is 6.63. The number of Topliss-reactive ketones (excluding diaryl/α,β-unsaturated/α-hetero) is 1. The number of carbonyl (C=O) groups is 1. The molecule has 0 unspecified atom stereocenters. The SMILES string of the molecule is O=C(C[C@H](c1cc(F)c(F)c(F)c1)C1CCC1)C[C@@H](c1cc(F)c(F)c(F)c1)C1CCC1. The molecule has 0 spiro atoms. The first-order valence-corrected chi connectivity index (χ1v) is 11.0. The maximum Gasteiger partial charge on any atom is 0.194 e. The van der Waals surface area contributed by atoms with E-state index in [1.54, 1.807) is 0 Å². The molecule has 2 fully saturated rings. The number of hydrogen-bond donors (Lipinski definition) is 0. The summed E-state index contributed by atoms with van der Waals surface area (Å²) >= 11 is 0. The van der Waals surface area contributed by atoms with Gasteiger partial charge in [-0.15, -0.1) is 0 Å². The second-order valence-corrected chi connectivity index (χ2v) is 9.14. The summed E-state index contributed by atoms with van der Waals surface area (Å²) in [7, 11) is 0. The van der Waals surface area contributed by atoms with Crippen molar-refractivity contribution in [3.05, 3.63) is 70.3 Å². The quantitative estimate of drug-likeness (QED) is 0.301. The van der Waals surface area contributed by atoms with E-state index < -0.39 is 46.7 Å². The maximum atomic E-state index is 13.8. The zero-order chi connectivity index (χ0) is 23.0. The minimum atomic E-state index is -1.54. The van der Waals surface area contributed by atoms with E-state index in [0.29, 0.717) is 0 Å². The van der Waals surface area contributed by atoms with Gasteiger partial charge in [-0.3, -0.25) is 4.79 Å². The summed E-state index contributed by atoms with van der Waals surface area (Å²) in [6.07, 6.45) is 5.12. The minimum absolute atomic E-state index is 0.00452. The van der Waals surface area contributed by atoms with Gasteiger partial charge in [0.15, 0.2) is 34.9 Å². The molecule has 0 heterocycles. The zero-order valence-corrected chi connectivity index (χ0v) is 17.5. The van der Waals surface area contributed by atoms with Crippen LogP contribution in [0.15, 0.2) is 24.3 Å². The number of benzene rings is 2. The van der Waals surface area contributed by atoms with Gasteiger partial charge in [0, 0.05) is 12.8 Å². The summed E-state index contributed by atoms with van der Waals surface area (Å²) < 4.78 is 82.1. The molecule has 32 heavy (non-hydrogen) atoms. The fourth-order valence-corrected chi connectivity index (χ4v) is 4.95. The molecule has 2 aromatic carbocycles. The molecule has 0 aliphatic heterocycles. The predicted octanol–water partition coefficient (Wildman–Crippen LogP) is 7.34. The molecule has 4 rings (SSSR count). The van der Waals surface area contributed by atoms with Gasteiger partial charge in [-0.25, -0.2) is 26.3 Å². The Balaban J connectivity index is 1.56. The van der Waals surface area contributed by atoms with Crippen LogP contribution in [0.25, 0.3) is 0 Å². The van der Waals surface area contributed by atoms with Crippen molar-refractivity contribution in [1.29, 1.82) is 0 Å². The average Bonchev–Trinajstić information content (AvgIpc) is 2.65. The molecule has 0 bridgehead atoms. The molecule has 2 aliphatic rings. The number of carbonyl (C=O) groups excluding carboxylic acids is 1. The first kappa shape index (κ1) is 22.9. The molecular formula is C25H24F6O. The van der Waals surface area contributed by atoms with E-state index in [2.05, 4.69) is 0 Å². The van der Waals surface area contributed by atoms with Crippen molar-refractivity contribution in [1.82, 2.24) is 0 Å². The first-order valence-electron chi connectivity index (χ1n) is 11.0. The van der Waals surface area contributed by atoms with Gasteiger partial charge in [0.05, 0.1) is 0 Å². The summed E-state index contributed by atoms with van der Waals surface area (Å²) in [5.41, 5.74) is 0.497.